The van der Waals surface area contributed by atoms with Crippen LogP contribution in [0.5, 0.6) is 0 Å². The second-order valence-corrected chi connectivity index (χ2v) is 6.98. The monoisotopic (exact) mass is 341 g/mol. The number of aromatic amines is 1. The lowest BCUT2D eigenvalue weighted by molar-refractivity contribution is -0.116. The average molecular weight is 341 g/mol. The smallest absolute Gasteiger partial charge is 0.238 e. The van der Waals surface area contributed by atoms with Crippen LogP contribution in [0.1, 0.15) is 30.1 Å². The van der Waals surface area contributed by atoms with Gasteiger partial charge in [-0.1, -0.05) is 12.1 Å². The first kappa shape index (κ1) is 17.5. The zero-order valence-electron chi connectivity index (χ0n) is 15.2. The van der Waals surface area contributed by atoms with Crippen molar-refractivity contribution in [2.24, 2.45) is 0 Å². The molecule has 6 nitrogen and oxygen atoms in total. The van der Waals surface area contributed by atoms with Crippen molar-refractivity contribution in [3.63, 3.8) is 0 Å². The maximum Gasteiger partial charge on any atom is 0.238 e. The van der Waals surface area contributed by atoms with Crippen molar-refractivity contribution in [3.05, 3.63) is 42.0 Å². The number of carbonyl (C=O) groups excluding carboxylic acids is 1. The fourth-order valence-corrected chi connectivity index (χ4v) is 3.51. The number of rotatable bonds is 5. The van der Waals surface area contributed by atoms with E-state index < -0.39 is 0 Å². The van der Waals surface area contributed by atoms with Gasteiger partial charge in [-0.3, -0.25) is 4.79 Å². The van der Waals surface area contributed by atoms with E-state index in [1.807, 2.05) is 37.2 Å². The number of hydrogen-bond donors (Lipinski definition) is 2. The summed E-state index contributed by atoms with van der Waals surface area (Å²) in [5, 5.41) is 3.05. The van der Waals surface area contributed by atoms with Crippen molar-refractivity contribution < 1.29 is 4.79 Å². The van der Waals surface area contributed by atoms with Crippen LogP contribution in [0.4, 0.5) is 11.4 Å². The molecule has 0 radical (unpaired) electrons. The van der Waals surface area contributed by atoms with Gasteiger partial charge >= 0.3 is 0 Å². The van der Waals surface area contributed by atoms with Gasteiger partial charge in [-0.25, -0.2) is 4.98 Å². The molecule has 3 rings (SSSR count). The van der Waals surface area contributed by atoms with E-state index >= 15 is 0 Å². The Morgan fingerprint density at radius 2 is 2.04 bits per heavy atom. The third-order valence-electron chi connectivity index (χ3n) is 4.73. The van der Waals surface area contributed by atoms with E-state index in [0.717, 1.165) is 37.3 Å². The Morgan fingerprint density at radius 3 is 2.68 bits per heavy atom. The molecule has 2 heterocycles. The summed E-state index contributed by atoms with van der Waals surface area (Å²) in [5.74, 6) is 0.525. The summed E-state index contributed by atoms with van der Waals surface area (Å²) in [4.78, 5) is 24.0. The largest absolute Gasteiger partial charge is 0.370 e. The van der Waals surface area contributed by atoms with Gasteiger partial charge in [0, 0.05) is 24.7 Å². The summed E-state index contributed by atoms with van der Waals surface area (Å²) in [7, 11) is 3.79. The number of aryl methyl sites for hydroxylation is 1. The number of H-pyrrole nitrogens is 1. The van der Waals surface area contributed by atoms with Crippen LogP contribution in [0, 0.1) is 6.92 Å². The molecule has 1 aliphatic heterocycles. The highest BCUT2D eigenvalue weighted by Crippen LogP contribution is 2.33. The van der Waals surface area contributed by atoms with E-state index in [1.54, 1.807) is 6.33 Å². The van der Waals surface area contributed by atoms with Gasteiger partial charge in [0.05, 0.1) is 29.9 Å². The van der Waals surface area contributed by atoms with Crippen LogP contribution >= 0.6 is 0 Å². The summed E-state index contributed by atoms with van der Waals surface area (Å²) in [6.07, 6.45) is 3.93. The lowest BCUT2D eigenvalue weighted by Crippen LogP contribution is -2.34. The fraction of sp³-hybridized carbons (Fsp3) is 0.474. The molecule has 2 aromatic rings. The van der Waals surface area contributed by atoms with Crippen LogP contribution in [-0.4, -0.2) is 54.5 Å². The molecule has 1 aliphatic rings. The molecule has 1 fully saturated rings. The summed E-state index contributed by atoms with van der Waals surface area (Å²) in [6, 6.07) is 8.06. The Labute approximate surface area is 149 Å². The summed E-state index contributed by atoms with van der Waals surface area (Å²) < 4.78 is 0. The first-order valence-corrected chi connectivity index (χ1v) is 8.83. The van der Waals surface area contributed by atoms with Gasteiger partial charge in [0.15, 0.2) is 0 Å². The number of nitrogens with zero attached hydrogens (tertiary/aromatic N) is 3. The zero-order chi connectivity index (χ0) is 17.8. The Balaban J connectivity index is 1.67. The highest BCUT2D eigenvalue weighted by molar-refractivity contribution is 5.95. The number of piperidine rings is 1. The number of benzene rings is 1. The van der Waals surface area contributed by atoms with Gasteiger partial charge < -0.3 is 20.1 Å². The van der Waals surface area contributed by atoms with Gasteiger partial charge in [-0.2, -0.15) is 0 Å². The standard InChI is InChI=1S/C19H27N5O/c1-14-19(21-13-20-14)15-8-10-24(11-9-15)17-7-5-4-6-16(17)22-18(25)12-23(2)3/h4-7,13,15H,8-12H2,1-3H3,(H,20,21)(H,22,25). The first-order valence-electron chi connectivity index (χ1n) is 8.83. The van der Waals surface area contributed by atoms with Gasteiger partial charge in [-0.15, -0.1) is 0 Å². The van der Waals surface area contributed by atoms with E-state index in [9.17, 15) is 4.79 Å². The first-order chi connectivity index (χ1) is 12.0. The number of imidazole rings is 1. The second kappa shape index (κ2) is 7.70. The number of para-hydroxylation sites is 2. The predicted molar refractivity (Wildman–Crippen MR) is 101 cm³/mol. The summed E-state index contributed by atoms with van der Waals surface area (Å²) in [6.45, 7) is 4.41. The predicted octanol–water partition coefficient (Wildman–Crippen LogP) is 2.60. The molecule has 0 aliphatic carbocycles. The number of likely N-dealkylation sites (N-methyl/N-ethyl adjacent to an activating group) is 1. The molecule has 134 valence electrons. The molecule has 0 spiro atoms. The number of carbonyl (C=O) groups is 1. The molecule has 25 heavy (non-hydrogen) atoms. The normalized spacial score (nSPS) is 15.6. The van der Waals surface area contributed by atoms with Gasteiger partial charge in [0.2, 0.25) is 5.91 Å². The average Bonchev–Trinajstić information content (AvgIpc) is 3.01. The van der Waals surface area contributed by atoms with Crippen LogP contribution in [0.25, 0.3) is 0 Å². The van der Waals surface area contributed by atoms with Crippen molar-refractivity contribution in [3.8, 4) is 0 Å². The molecule has 2 N–H and O–H groups in total. The number of hydrogen-bond acceptors (Lipinski definition) is 4. The maximum absolute atomic E-state index is 12.1. The van der Waals surface area contributed by atoms with Gasteiger partial charge in [0.25, 0.3) is 0 Å². The molecular formula is C19H27N5O. The quantitative estimate of drug-likeness (QED) is 0.877. The van der Waals surface area contributed by atoms with Gasteiger partial charge in [0.1, 0.15) is 0 Å². The number of nitrogens with one attached hydrogen (secondary N) is 2. The third kappa shape index (κ3) is 4.20. The van der Waals surface area contributed by atoms with Crippen LogP contribution in [0.15, 0.2) is 30.6 Å². The molecule has 1 saturated heterocycles. The van der Waals surface area contributed by atoms with E-state index in [0.29, 0.717) is 12.5 Å². The number of amides is 1. The van der Waals surface area contributed by atoms with Gasteiger partial charge in [-0.05, 0) is 46.0 Å². The minimum atomic E-state index is 0.0134. The molecule has 6 heteroatoms. The highest BCUT2D eigenvalue weighted by Gasteiger charge is 2.24. The van der Waals surface area contributed by atoms with Crippen molar-refractivity contribution in [1.82, 2.24) is 14.9 Å². The Bertz CT molecular complexity index is 716. The number of anilines is 2. The Kier molecular flexibility index (Phi) is 5.38. The van der Waals surface area contributed by atoms with Crippen LogP contribution in [-0.2, 0) is 4.79 Å². The number of aromatic nitrogens is 2. The Morgan fingerprint density at radius 1 is 1.32 bits per heavy atom. The molecular weight excluding hydrogens is 314 g/mol. The van der Waals surface area contributed by atoms with E-state index in [2.05, 4.69) is 33.2 Å². The molecule has 0 unspecified atom stereocenters. The van der Waals surface area contributed by atoms with Crippen molar-refractivity contribution in [1.29, 1.82) is 0 Å². The third-order valence-corrected chi connectivity index (χ3v) is 4.73. The van der Waals surface area contributed by atoms with E-state index in [-0.39, 0.29) is 5.91 Å². The second-order valence-electron chi connectivity index (χ2n) is 6.98. The van der Waals surface area contributed by atoms with Crippen molar-refractivity contribution >= 4 is 17.3 Å². The maximum atomic E-state index is 12.1. The van der Waals surface area contributed by atoms with Crippen molar-refractivity contribution in [2.75, 3.05) is 43.9 Å². The Hall–Kier alpha value is -2.34. The van der Waals surface area contributed by atoms with Crippen LogP contribution in [0.3, 0.4) is 0 Å². The zero-order valence-corrected chi connectivity index (χ0v) is 15.2. The summed E-state index contributed by atoms with van der Waals surface area (Å²) >= 11 is 0. The lowest BCUT2D eigenvalue weighted by Gasteiger charge is -2.34. The summed E-state index contributed by atoms with van der Waals surface area (Å²) in [5.41, 5.74) is 4.37. The lowest BCUT2D eigenvalue weighted by atomic mass is 9.92. The van der Waals surface area contributed by atoms with Crippen molar-refractivity contribution in [2.45, 2.75) is 25.7 Å². The molecule has 0 atom stereocenters. The van der Waals surface area contributed by atoms with E-state index in [1.165, 1.54) is 11.4 Å². The van der Waals surface area contributed by atoms with E-state index in [4.69, 9.17) is 0 Å². The topological polar surface area (TPSA) is 64.3 Å². The highest BCUT2D eigenvalue weighted by atomic mass is 16.2. The molecule has 1 amide bonds. The molecule has 1 aromatic carbocycles. The molecule has 1 aromatic heterocycles. The van der Waals surface area contributed by atoms with Crippen LogP contribution < -0.4 is 10.2 Å². The SMILES string of the molecule is Cc1[nH]cnc1C1CCN(c2ccccc2NC(=O)CN(C)C)CC1. The molecule has 0 bridgehead atoms. The molecule has 0 saturated carbocycles. The minimum Gasteiger partial charge on any atom is -0.370 e. The minimum absolute atomic E-state index is 0.0134. The fourth-order valence-electron chi connectivity index (χ4n) is 3.51. The van der Waals surface area contributed by atoms with Crippen LogP contribution in [0.2, 0.25) is 0 Å².